The van der Waals surface area contributed by atoms with Crippen LogP contribution >= 0.6 is 11.8 Å². The Morgan fingerprint density at radius 3 is 2.25 bits per heavy atom. The second kappa shape index (κ2) is 8.68. The largest absolute Gasteiger partial charge is 0.460 e. The van der Waals surface area contributed by atoms with Crippen LogP contribution in [-0.4, -0.2) is 33.4 Å². The highest BCUT2D eigenvalue weighted by Crippen LogP contribution is 2.36. The van der Waals surface area contributed by atoms with Crippen molar-refractivity contribution in [3.8, 4) is 0 Å². The van der Waals surface area contributed by atoms with E-state index in [4.69, 9.17) is 4.74 Å². The predicted molar refractivity (Wildman–Crippen MR) is 113 cm³/mol. The van der Waals surface area contributed by atoms with Crippen molar-refractivity contribution >= 4 is 35.2 Å². The Balaban J connectivity index is 1.92. The number of rotatable bonds is 6. The van der Waals surface area contributed by atoms with E-state index in [1.807, 2.05) is 65.8 Å². The van der Waals surface area contributed by atoms with E-state index in [2.05, 4.69) is 0 Å². The molecule has 1 aliphatic heterocycles. The minimum atomic E-state index is -0.462. The Labute approximate surface area is 172 Å². The fourth-order valence-electron chi connectivity index (χ4n) is 3.04. The average Bonchev–Trinajstić information content (AvgIpc) is 2.78. The van der Waals surface area contributed by atoms with E-state index in [1.54, 1.807) is 0 Å². The molecule has 1 unspecified atom stereocenters. The Morgan fingerprint density at radius 1 is 1.11 bits per heavy atom. The first-order chi connectivity index (χ1) is 12.9. The van der Waals surface area contributed by atoms with Crippen molar-refractivity contribution in [1.82, 2.24) is 0 Å². The second-order valence-electron chi connectivity index (χ2n) is 9.10. The molecule has 5 nitrogen and oxygen atoms in total. The maximum absolute atomic E-state index is 12.7. The van der Waals surface area contributed by atoms with Crippen molar-refractivity contribution in [2.24, 2.45) is 0 Å². The summed E-state index contributed by atoms with van der Waals surface area (Å²) >= 11 is 1.54. The van der Waals surface area contributed by atoms with Crippen LogP contribution in [0, 0.1) is 0 Å². The van der Waals surface area contributed by atoms with Gasteiger partial charge in [0.15, 0.2) is 0 Å². The summed E-state index contributed by atoms with van der Waals surface area (Å²) < 4.78 is 5.23. The topological polar surface area (TPSA) is 63.7 Å². The summed E-state index contributed by atoms with van der Waals surface area (Å²) in [6, 6.07) is 7.44. The van der Waals surface area contributed by atoms with E-state index in [9.17, 15) is 14.4 Å². The second-order valence-corrected chi connectivity index (χ2v) is 11.1. The maximum Gasteiger partial charge on any atom is 0.306 e. The van der Waals surface area contributed by atoms with Crippen LogP contribution in [0.2, 0.25) is 0 Å². The van der Waals surface area contributed by atoms with Gasteiger partial charge in [-0.3, -0.25) is 14.4 Å². The first-order valence-corrected chi connectivity index (χ1v) is 10.6. The van der Waals surface area contributed by atoms with Gasteiger partial charge in [-0.2, -0.15) is 0 Å². The number of esters is 1. The molecule has 6 heteroatoms. The van der Waals surface area contributed by atoms with Crippen LogP contribution in [0.1, 0.15) is 66.4 Å². The normalized spacial score (nSPS) is 17.9. The van der Waals surface area contributed by atoms with Crippen molar-refractivity contribution in [2.75, 3.05) is 4.90 Å². The van der Waals surface area contributed by atoms with E-state index in [0.717, 1.165) is 12.0 Å². The molecule has 0 spiro atoms. The van der Waals surface area contributed by atoms with Crippen molar-refractivity contribution in [3.05, 3.63) is 29.8 Å². The molecule has 0 aromatic heterocycles. The molecule has 1 saturated heterocycles. The van der Waals surface area contributed by atoms with Gasteiger partial charge in [0.25, 0.3) is 0 Å². The zero-order valence-corrected chi connectivity index (χ0v) is 18.5. The molecular weight excluding hydrogens is 374 g/mol. The molecule has 2 amide bonds. The lowest BCUT2D eigenvalue weighted by Gasteiger charge is -2.21. The highest BCUT2D eigenvalue weighted by atomic mass is 32.2. The van der Waals surface area contributed by atoms with Crippen molar-refractivity contribution in [3.63, 3.8) is 0 Å². The van der Waals surface area contributed by atoms with Crippen LogP contribution in [0.15, 0.2) is 24.3 Å². The minimum Gasteiger partial charge on any atom is -0.460 e. The van der Waals surface area contributed by atoms with E-state index >= 15 is 0 Å². The first kappa shape index (κ1) is 22.5. The molecule has 0 N–H and O–H groups in total. The van der Waals surface area contributed by atoms with Gasteiger partial charge in [-0.05, 0) is 51.3 Å². The number of hydrogen-bond acceptors (Lipinski definition) is 5. The highest BCUT2D eigenvalue weighted by Gasteiger charge is 2.41. The number of aryl methyl sites for hydroxylation is 1. The fourth-order valence-corrected chi connectivity index (χ4v) is 4.32. The summed E-state index contributed by atoms with van der Waals surface area (Å²) in [6.45, 7) is 11.7. The Morgan fingerprint density at radius 2 is 1.71 bits per heavy atom. The van der Waals surface area contributed by atoms with Gasteiger partial charge in [-0.15, -0.1) is 11.8 Å². The molecule has 2 rings (SSSR count). The third-order valence-corrected chi connectivity index (χ3v) is 5.42. The van der Waals surface area contributed by atoms with Crippen molar-refractivity contribution in [2.45, 2.75) is 82.8 Å². The number of carbonyl (C=O) groups is 3. The standard InChI is InChI=1S/C22H31NO4S/c1-21(2,3)27-19(25)9-7-8-15-10-12-16(13-11-15)23-18(24)14-17(20(23)26)28-22(4,5)6/h10-13,17H,7-9,14H2,1-6H3. The van der Waals surface area contributed by atoms with Gasteiger partial charge in [0.1, 0.15) is 5.60 Å². The van der Waals surface area contributed by atoms with Crippen molar-refractivity contribution < 1.29 is 19.1 Å². The van der Waals surface area contributed by atoms with Crippen LogP contribution in [0.25, 0.3) is 0 Å². The summed E-state index contributed by atoms with van der Waals surface area (Å²) in [7, 11) is 0. The van der Waals surface area contributed by atoms with E-state index < -0.39 is 5.60 Å². The number of benzene rings is 1. The third kappa shape index (κ3) is 6.66. The van der Waals surface area contributed by atoms with Gasteiger partial charge < -0.3 is 4.74 Å². The number of carbonyl (C=O) groups excluding carboxylic acids is 3. The number of ether oxygens (including phenoxy) is 1. The Hall–Kier alpha value is -1.82. The van der Waals surface area contributed by atoms with Crippen LogP contribution in [0.5, 0.6) is 0 Å². The lowest BCUT2D eigenvalue weighted by molar-refractivity contribution is -0.154. The molecule has 0 aliphatic carbocycles. The third-order valence-electron chi connectivity index (χ3n) is 4.06. The molecule has 0 saturated carbocycles. The first-order valence-electron chi connectivity index (χ1n) is 9.71. The van der Waals surface area contributed by atoms with Crippen LogP contribution in [-0.2, 0) is 25.5 Å². The number of nitrogens with zero attached hydrogens (tertiary/aromatic N) is 1. The summed E-state index contributed by atoms with van der Waals surface area (Å²) in [4.78, 5) is 38.1. The molecule has 1 aliphatic rings. The van der Waals surface area contributed by atoms with E-state index in [0.29, 0.717) is 18.5 Å². The number of hydrogen-bond donors (Lipinski definition) is 0. The fraction of sp³-hybridized carbons (Fsp3) is 0.591. The zero-order valence-electron chi connectivity index (χ0n) is 17.7. The van der Waals surface area contributed by atoms with Gasteiger partial charge in [-0.1, -0.05) is 32.9 Å². The summed E-state index contributed by atoms with van der Waals surface area (Å²) in [5, 5.41) is -0.319. The molecule has 1 fully saturated rings. The molecular formula is C22H31NO4S. The summed E-state index contributed by atoms with van der Waals surface area (Å²) in [5.41, 5.74) is 1.21. The van der Waals surface area contributed by atoms with Crippen LogP contribution < -0.4 is 4.90 Å². The molecule has 1 aromatic carbocycles. The molecule has 0 radical (unpaired) electrons. The van der Waals surface area contributed by atoms with Gasteiger partial charge in [-0.25, -0.2) is 4.90 Å². The van der Waals surface area contributed by atoms with Crippen LogP contribution in [0.3, 0.4) is 0 Å². The van der Waals surface area contributed by atoms with Crippen molar-refractivity contribution in [1.29, 1.82) is 0 Å². The predicted octanol–water partition coefficient (Wildman–Crippen LogP) is 4.51. The number of amides is 2. The monoisotopic (exact) mass is 405 g/mol. The minimum absolute atomic E-state index is 0.0748. The molecule has 154 valence electrons. The lowest BCUT2D eigenvalue weighted by Crippen LogP contribution is -2.32. The van der Waals surface area contributed by atoms with Gasteiger partial charge in [0, 0.05) is 17.6 Å². The Bertz CT molecular complexity index is 728. The summed E-state index contributed by atoms with van der Waals surface area (Å²) in [6.07, 6.45) is 2.05. The molecule has 0 bridgehead atoms. The molecule has 28 heavy (non-hydrogen) atoms. The smallest absolute Gasteiger partial charge is 0.306 e. The highest BCUT2D eigenvalue weighted by molar-refractivity contribution is 8.02. The summed E-state index contributed by atoms with van der Waals surface area (Å²) in [5.74, 6) is -0.480. The lowest BCUT2D eigenvalue weighted by atomic mass is 10.1. The van der Waals surface area contributed by atoms with Crippen LogP contribution in [0.4, 0.5) is 5.69 Å². The molecule has 1 heterocycles. The number of thioether (sulfide) groups is 1. The Kier molecular flexibility index (Phi) is 6.97. The average molecular weight is 406 g/mol. The van der Waals surface area contributed by atoms with E-state index in [1.165, 1.54) is 16.7 Å². The SMILES string of the molecule is CC(C)(C)OC(=O)CCCc1ccc(N2C(=O)CC(SC(C)(C)C)C2=O)cc1. The molecule has 1 aromatic rings. The molecule has 1 atom stereocenters. The zero-order chi connectivity index (χ0) is 21.1. The number of imide groups is 1. The van der Waals surface area contributed by atoms with Gasteiger partial charge >= 0.3 is 5.97 Å². The van der Waals surface area contributed by atoms with E-state index in [-0.39, 0.29) is 34.2 Å². The number of anilines is 1. The maximum atomic E-state index is 12.7. The van der Waals surface area contributed by atoms with Gasteiger partial charge in [0.2, 0.25) is 11.8 Å². The quantitative estimate of drug-likeness (QED) is 0.514. The van der Waals surface area contributed by atoms with Gasteiger partial charge in [0.05, 0.1) is 10.9 Å².